The number of aliphatic hydroxyl groups is 1. The second kappa shape index (κ2) is 6.85. The molecular weight excluding hydrogens is 282 g/mol. The van der Waals surface area contributed by atoms with E-state index in [1.807, 2.05) is 28.9 Å². The van der Waals surface area contributed by atoms with Crippen LogP contribution in [0.15, 0.2) is 24.3 Å². The van der Waals surface area contributed by atoms with E-state index < -0.39 is 0 Å². The zero-order valence-electron chi connectivity index (χ0n) is 12.7. The smallest absolute Gasteiger partial charge is 0.165 e. The van der Waals surface area contributed by atoms with Gasteiger partial charge in [0.1, 0.15) is 5.75 Å². The summed E-state index contributed by atoms with van der Waals surface area (Å²) in [6, 6.07) is 7.90. The van der Waals surface area contributed by atoms with Crippen LogP contribution >= 0.6 is 0 Å². The number of benzene rings is 1. The third-order valence-electron chi connectivity index (χ3n) is 4.02. The molecule has 1 aromatic carbocycles. The fraction of sp³-hybridized carbons (Fsp3) is 0.533. The van der Waals surface area contributed by atoms with Gasteiger partial charge in [0.2, 0.25) is 0 Å². The molecule has 0 atom stereocenters. The second-order valence-corrected chi connectivity index (χ2v) is 5.61. The number of methoxy groups -OCH3 is 1. The van der Waals surface area contributed by atoms with Crippen molar-refractivity contribution in [2.24, 2.45) is 0 Å². The Labute approximate surface area is 129 Å². The lowest BCUT2D eigenvalue weighted by atomic mass is 10.1. The van der Waals surface area contributed by atoms with Crippen molar-refractivity contribution < 1.29 is 9.84 Å². The zero-order chi connectivity index (χ0) is 15.4. The first-order valence-corrected chi connectivity index (χ1v) is 7.53. The van der Waals surface area contributed by atoms with Crippen LogP contribution in [-0.2, 0) is 13.1 Å². The van der Waals surface area contributed by atoms with Crippen molar-refractivity contribution in [3.05, 3.63) is 35.7 Å². The summed E-state index contributed by atoms with van der Waals surface area (Å²) in [5, 5.41) is 21.6. The largest absolute Gasteiger partial charge is 0.497 e. The molecule has 1 N–H and O–H groups in total. The second-order valence-electron chi connectivity index (χ2n) is 5.61. The van der Waals surface area contributed by atoms with Crippen LogP contribution in [0.5, 0.6) is 5.75 Å². The zero-order valence-corrected chi connectivity index (χ0v) is 12.7. The van der Waals surface area contributed by atoms with Crippen molar-refractivity contribution >= 4 is 0 Å². The number of hydrogen-bond donors (Lipinski definition) is 1. The molecule has 0 saturated carbocycles. The molecule has 1 aromatic heterocycles. The van der Waals surface area contributed by atoms with Crippen LogP contribution < -0.4 is 4.74 Å². The van der Waals surface area contributed by atoms with Gasteiger partial charge in [-0.3, -0.25) is 4.90 Å². The first-order chi connectivity index (χ1) is 10.7. The van der Waals surface area contributed by atoms with Gasteiger partial charge < -0.3 is 9.84 Å². The third-order valence-corrected chi connectivity index (χ3v) is 4.02. The Bertz CT molecular complexity index is 590. The summed E-state index contributed by atoms with van der Waals surface area (Å²) in [6.07, 6.45) is 1.48. The van der Waals surface area contributed by atoms with E-state index in [0.29, 0.717) is 6.54 Å². The molecule has 7 heteroatoms. The van der Waals surface area contributed by atoms with Crippen LogP contribution in [0.25, 0.3) is 0 Å². The van der Waals surface area contributed by atoms with Crippen LogP contribution in [0.2, 0.25) is 0 Å². The quantitative estimate of drug-likeness (QED) is 0.875. The monoisotopic (exact) mass is 303 g/mol. The van der Waals surface area contributed by atoms with Crippen molar-refractivity contribution in [1.29, 1.82) is 0 Å². The van der Waals surface area contributed by atoms with Crippen molar-refractivity contribution in [2.75, 3.05) is 20.2 Å². The lowest BCUT2D eigenvalue weighted by Gasteiger charge is -2.28. The van der Waals surface area contributed by atoms with Gasteiger partial charge in [-0.1, -0.05) is 12.1 Å². The summed E-state index contributed by atoms with van der Waals surface area (Å²) in [6.45, 7) is 3.13. The summed E-state index contributed by atoms with van der Waals surface area (Å²) in [5.74, 6) is 1.69. The van der Waals surface area contributed by atoms with Crippen LogP contribution in [0.4, 0.5) is 0 Å². The molecule has 0 bridgehead atoms. The molecule has 0 spiro atoms. The Morgan fingerprint density at radius 2 is 1.91 bits per heavy atom. The maximum atomic E-state index is 9.56. The van der Waals surface area contributed by atoms with Crippen LogP contribution in [0.1, 0.15) is 24.2 Å². The predicted octanol–water partition coefficient (Wildman–Crippen LogP) is 0.687. The van der Waals surface area contributed by atoms with Crippen molar-refractivity contribution in [1.82, 2.24) is 25.1 Å². The van der Waals surface area contributed by atoms with Crippen LogP contribution in [0.3, 0.4) is 0 Å². The highest BCUT2D eigenvalue weighted by atomic mass is 16.5. The minimum Gasteiger partial charge on any atom is -0.497 e. The highest BCUT2D eigenvalue weighted by molar-refractivity contribution is 5.27. The SMILES string of the molecule is COc1ccc(Cn2nnnc2CN2CCC(O)CC2)cc1. The summed E-state index contributed by atoms with van der Waals surface area (Å²) in [5.41, 5.74) is 1.13. The molecule has 1 saturated heterocycles. The number of likely N-dealkylation sites (tertiary alicyclic amines) is 1. The molecule has 3 rings (SSSR count). The van der Waals surface area contributed by atoms with Gasteiger partial charge in [0.05, 0.1) is 26.3 Å². The van der Waals surface area contributed by atoms with Gasteiger partial charge in [0.15, 0.2) is 5.82 Å². The maximum Gasteiger partial charge on any atom is 0.165 e. The average Bonchev–Trinajstić information content (AvgIpc) is 2.97. The molecule has 1 fully saturated rings. The number of piperidine rings is 1. The van der Waals surface area contributed by atoms with E-state index in [1.54, 1.807) is 7.11 Å². The van der Waals surface area contributed by atoms with E-state index in [2.05, 4.69) is 20.4 Å². The van der Waals surface area contributed by atoms with Gasteiger partial charge in [0.25, 0.3) is 0 Å². The van der Waals surface area contributed by atoms with Gasteiger partial charge in [0, 0.05) is 13.1 Å². The highest BCUT2D eigenvalue weighted by Crippen LogP contribution is 2.14. The van der Waals surface area contributed by atoms with E-state index in [-0.39, 0.29) is 6.10 Å². The molecule has 1 aliphatic heterocycles. The van der Waals surface area contributed by atoms with E-state index >= 15 is 0 Å². The molecule has 0 amide bonds. The third kappa shape index (κ3) is 3.61. The normalized spacial score (nSPS) is 16.8. The minimum absolute atomic E-state index is 0.161. The summed E-state index contributed by atoms with van der Waals surface area (Å²) in [4.78, 5) is 2.28. The van der Waals surface area contributed by atoms with Gasteiger partial charge in [-0.25, -0.2) is 4.68 Å². The summed E-state index contributed by atoms with van der Waals surface area (Å²) in [7, 11) is 1.66. The Kier molecular flexibility index (Phi) is 4.65. The van der Waals surface area contributed by atoms with Crippen molar-refractivity contribution in [3.8, 4) is 5.75 Å². The molecule has 2 aromatic rings. The van der Waals surface area contributed by atoms with Crippen molar-refractivity contribution in [2.45, 2.75) is 32.0 Å². The molecule has 0 radical (unpaired) electrons. The van der Waals surface area contributed by atoms with E-state index in [4.69, 9.17) is 4.74 Å². The summed E-state index contributed by atoms with van der Waals surface area (Å²) >= 11 is 0. The van der Waals surface area contributed by atoms with Gasteiger partial charge in [-0.15, -0.1) is 5.10 Å². The maximum absolute atomic E-state index is 9.56. The number of tetrazole rings is 1. The molecule has 0 unspecified atom stereocenters. The number of aliphatic hydroxyl groups excluding tert-OH is 1. The fourth-order valence-corrected chi connectivity index (χ4v) is 2.64. The molecule has 1 aliphatic rings. The molecule has 7 nitrogen and oxygen atoms in total. The standard InChI is InChI=1S/C15H21N5O2/c1-22-14-4-2-12(3-5-14)10-20-15(16-17-18-20)11-19-8-6-13(21)7-9-19/h2-5,13,21H,6-11H2,1H3. The minimum atomic E-state index is -0.161. The lowest BCUT2D eigenvalue weighted by molar-refractivity contribution is 0.0774. The number of rotatable bonds is 5. The van der Waals surface area contributed by atoms with E-state index in [9.17, 15) is 5.11 Å². The van der Waals surface area contributed by atoms with Crippen LogP contribution in [0, 0.1) is 0 Å². The average molecular weight is 303 g/mol. The Balaban J connectivity index is 1.63. The first-order valence-electron chi connectivity index (χ1n) is 7.53. The van der Waals surface area contributed by atoms with Gasteiger partial charge in [-0.2, -0.15) is 0 Å². The first kappa shape index (κ1) is 14.9. The Morgan fingerprint density at radius 3 is 2.59 bits per heavy atom. The molecule has 2 heterocycles. The number of ether oxygens (including phenoxy) is 1. The molecule has 0 aliphatic carbocycles. The number of nitrogens with zero attached hydrogens (tertiary/aromatic N) is 5. The highest BCUT2D eigenvalue weighted by Gasteiger charge is 2.19. The van der Waals surface area contributed by atoms with Crippen molar-refractivity contribution in [3.63, 3.8) is 0 Å². The lowest BCUT2D eigenvalue weighted by Crippen LogP contribution is -2.36. The summed E-state index contributed by atoms with van der Waals surface area (Å²) < 4.78 is 6.99. The molecular formula is C15H21N5O2. The van der Waals surface area contributed by atoms with Gasteiger partial charge in [-0.05, 0) is 41.0 Å². The number of aromatic nitrogens is 4. The van der Waals surface area contributed by atoms with Crippen LogP contribution in [-0.4, -0.2) is 56.5 Å². The predicted molar refractivity (Wildman–Crippen MR) is 80.4 cm³/mol. The molecule has 22 heavy (non-hydrogen) atoms. The van der Waals surface area contributed by atoms with Gasteiger partial charge >= 0.3 is 0 Å². The fourth-order valence-electron chi connectivity index (χ4n) is 2.64. The van der Waals surface area contributed by atoms with E-state index in [1.165, 1.54) is 0 Å². The van der Waals surface area contributed by atoms with E-state index in [0.717, 1.165) is 49.6 Å². The molecule has 118 valence electrons. The Hall–Kier alpha value is -1.99. The topological polar surface area (TPSA) is 76.3 Å². The Morgan fingerprint density at radius 1 is 1.18 bits per heavy atom. The number of hydrogen-bond acceptors (Lipinski definition) is 6.